The van der Waals surface area contributed by atoms with E-state index in [1.54, 1.807) is 6.92 Å². The lowest BCUT2D eigenvalue weighted by Gasteiger charge is -2.20. The average molecular weight is 236 g/mol. The molecule has 0 bridgehead atoms. The SMILES string of the molecule is Cc1ccc(OC2CCCC2O)c([C@@H](C)O)c1. The maximum absolute atomic E-state index is 9.75. The fraction of sp³-hybridized carbons (Fsp3) is 0.571. The van der Waals surface area contributed by atoms with Gasteiger partial charge >= 0.3 is 0 Å². The fourth-order valence-corrected chi connectivity index (χ4v) is 2.31. The van der Waals surface area contributed by atoms with Gasteiger partial charge in [-0.25, -0.2) is 0 Å². The molecule has 17 heavy (non-hydrogen) atoms. The first-order valence-corrected chi connectivity index (χ1v) is 6.21. The molecule has 0 radical (unpaired) electrons. The summed E-state index contributed by atoms with van der Waals surface area (Å²) in [5, 5.41) is 19.5. The van der Waals surface area contributed by atoms with Crippen LogP contribution in [0, 0.1) is 6.92 Å². The Hall–Kier alpha value is -1.06. The Morgan fingerprint density at radius 2 is 2.12 bits per heavy atom. The molecule has 3 nitrogen and oxygen atoms in total. The van der Waals surface area contributed by atoms with Crippen LogP contribution in [-0.2, 0) is 0 Å². The largest absolute Gasteiger partial charge is 0.487 e. The Morgan fingerprint density at radius 1 is 1.35 bits per heavy atom. The molecule has 2 rings (SSSR count). The van der Waals surface area contributed by atoms with Gasteiger partial charge in [-0.3, -0.25) is 0 Å². The molecule has 0 aliphatic heterocycles. The Balaban J connectivity index is 2.19. The summed E-state index contributed by atoms with van der Waals surface area (Å²) in [5.41, 5.74) is 1.89. The molecule has 0 heterocycles. The lowest BCUT2D eigenvalue weighted by Crippen LogP contribution is -2.26. The molecule has 0 amide bonds. The maximum Gasteiger partial charge on any atom is 0.125 e. The van der Waals surface area contributed by atoms with Crippen LogP contribution in [0.5, 0.6) is 5.75 Å². The molecular weight excluding hydrogens is 216 g/mol. The highest BCUT2D eigenvalue weighted by atomic mass is 16.5. The maximum atomic E-state index is 9.75. The molecule has 3 heteroatoms. The fourth-order valence-electron chi connectivity index (χ4n) is 2.31. The molecule has 1 fully saturated rings. The number of ether oxygens (including phenoxy) is 1. The predicted octanol–water partition coefficient (Wildman–Crippen LogP) is 2.34. The standard InChI is InChI=1S/C14H20O3/c1-9-6-7-13(11(8-9)10(2)15)17-14-5-3-4-12(14)16/h6-8,10,12,14-16H,3-5H2,1-2H3/t10-,12?,14?/m1/s1. The molecule has 1 aromatic carbocycles. The number of aliphatic hydroxyl groups excluding tert-OH is 2. The zero-order chi connectivity index (χ0) is 12.4. The van der Waals surface area contributed by atoms with E-state index in [1.165, 1.54) is 0 Å². The topological polar surface area (TPSA) is 49.7 Å². The van der Waals surface area contributed by atoms with Gasteiger partial charge in [0.05, 0.1) is 12.2 Å². The Bertz CT molecular complexity index is 387. The molecule has 1 aliphatic rings. The summed E-state index contributed by atoms with van der Waals surface area (Å²) in [5.74, 6) is 0.691. The lowest BCUT2D eigenvalue weighted by molar-refractivity contribution is 0.0577. The third-order valence-corrected chi connectivity index (χ3v) is 3.31. The van der Waals surface area contributed by atoms with Crippen molar-refractivity contribution in [1.82, 2.24) is 0 Å². The highest BCUT2D eigenvalue weighted by Gasteiger charge is 2.27. The average Bonchev–Trinajstić information content (AvgIpc) is 2.67. The van der Waals surface area contributed by atoms with Gasteiger partial charge < -0.3 is 14.9 Å². The summed E-state index contributed by atoms with van der Waals surface area (Å²) in [4.78, 5) is 0. The molecule has 3 atom stereocenters. The quantitative estimate of drug-likeness (QED) is 0.847. The van der Waals surface area contributed by atoms with Crippen molar-refractivity contribution in [3.8, 4) is 5.75 Å². The minimum Gasteiger partial charge on any atom is -0.487 e. The Morgan fingerprint density at radius 3 is 2.71 bits per heavy atom. The van der Waals surface area contributed by atoms with E-state index in [-0.39, 0.29) is 12.2 Å². The van der Waals surface area contributed by atoms with Crippen molar-refractivity contribution < 1.29 is 14.9 Å². The number of benzene rings is 1. The van der Waals surface area contributed by atoms with Crippen molar-refractivity contribution in [2.24, 2.45) is 0 Å². The molecule has 0 spiro atoms. The number of aliphatic hydroxyl groups is 2. The second-order valence-corrected chi connectivity index (χ2v) is 4.87. The van der Waals surface area contributed by atoms with Crippen molar-refractivity contribution >= 4 is 0 Å². The highest BCUT2D eigenvalue weighted by Crippen LogP contribution is 2.30. The summed E-state index contributed by atoms with van der Waals surface area (Å²) >= 11 is 0. The Kier molecular flexibility index (Phi) is 3.69. The third kappa shape index (κ3) is 2.79. The van der Waals surface area contributed by atoms with E-state index in [2.05, 4.69) is 0 Å². The van der Waals surface area contributed by atoms with Crippen LogP contribution in [0.4, 0.5) is 0 Å². The van der Waals surface area contributed by atoms with Crippen LogP contribution in [0.25, 0.3) is 0 Å². The summed E-state index contributed by atoms with van der Waals surface area (Å²) < 4.78 is 5.82. The zero-order valence-corrected chi connectivity index (χ0v) is 10.4. The monoisotopic (exact) mass is 236 g/mol. The minimum absolute atomic E-state index is 0.129. The zero-order valence-electron chi connectivity index (χ0n) is 10.4. The van der Waals surface area contributed by atoms with Crippen molar-refractivity contribution in [2.75, 3.05) is 0 Å². The van der Waals surface area contributed by atoms with E-state index in [9.17, 15) is 10.2 Å². The van der Waals surface area contributed by atoms with Crippen LogP contribution in [0.3, 0.4) is 0 Å². The second-order valence-electron chi connectivity index (χ2n) is 4.87. The van der Waals surface area contributed by atoms with E-state index >= 15 is 0 Å². The molecule has 1 saturated carbocycles. The molecule has 1 aromatic rings. The van der Waals surface area contributed by atoms with Gasteiger partial charge in [0.2, 0.25) is 0 Å². The minimum atomic E-state index is -0.552. The lowest BCUT2D eigenvalue weighted by atomic mass is 10.1. The third-order valence-electron chi connectivity index (χ3n) is 3.31. The van der Waals surface area contributed by atoms with Gasteiger partial charge in [-0.15, -0.1) is 0 Å². The molecule has 0 aromatic heterocycles. The van der Waals surface area contributed by atoms with E-state index in [1.807, 2.05) is 25.1 Å². The van der Waals surface area contributed by atoms with Crippen molar-refractivity contribution in [3.63, 3.8) is 0 Å². The van der Waals surface area contributed by atoms with Crippen LogP contribution in [0.15, 0.2) is 18.2 Å². The smallest absolute Gasteiger partial charge is 0.125 e. The predicted molar refractivity (Wildman–Crippen MR) is 66.1 cm³/mol. The van der Waals surface area contributed by atoms with Crippen LogP contribution >= 0.6 is 0 Å². The van der Waals surface area contributed by atoms with Crippen molar-refractivity contribution in [1.29, 1.82) is 0 Å². The summed E-state index contributed by atoms with van der Waals surface area (Å²) in [6.45, 7) is 3.72. The Labute approximate surface area is 102 Å². The first-order chi connectivity index (χ1) is 8.08. The van der Waals surface area contributed by atoms with Crippen LogP contribution in [-0.4, -0.2) is 22.4 Å². The van der Waals surface area contributed by atoms with Gasteiger partial charge in [-0.2, -0.15) is 0 Å². The first-order valence-electron chi connectivity index (χ1n) is 6.21. The number of hydrogen-bond donors (Lipinski definition) is 2. The van der Waals surface area contributed by atoms with E-state index in [0.29, 0.717) is 5.75 Å². The molecule has 0 saturated heterocycles. The van der Waals surface area contributed by atoms with E-state index in [4.69, 9.17) is 4.74 Å². The first kappa shape index (κ1) is 12.4. The summed E-state index contributed by atoms with van der Waals surface area (Å²) in [6, 6.07) is 5.77. The number of rotatable bonds is 3. The van der Waals surface area contributed by atoms with Crippen LogP contribution < -0.4 is 4.74 Å². The highest BCUT2D eigenvalue weighted by molar-refractivity contribution is 5.38. The van der Waals surface area contributed by atoms with Crippen molar-refractivity contribution in [3.05, 3.63) is 29.3 Å². The van der Waals surface area contributed by atoms with Gasteiger partial charge in [0.15, 0.2) is 0 Å². The second kappa shape index (κ2) is 5.07. The van der Waals surface area contributed by atoms with Crippen molar-refractivity contribution in [2.45, 2.75) is 51.4 Å². The van der Waals surface area contributed by atoms with Gasteiger partial charge in [0.25, 0.3) is 0 Å². The van der Waals surface area contributed by atoms with Crippen LogP contribution in [0.2, 0.25) is 0 Å². The summed E-state index contributed by atoms with van der Waals surface area (Å²) in [6.07, 6.45) is 1.63. The molecular formula is C14H20O3. The van der Waals surface area contributed by atoms with Gasteiger partial charge in [-0.05, 0) is 45.2 Å². The molecule has 1 aliphatic carbocycles. The van der Waals surface area contributed by atoms with Gasteiger partial charge in [0, 0.05) is 5.56 Å². The summed E-state index contributed by atoms with van der Waals surface area (Å²) in [7, 11) is 0. The van der Waals surface area contributed by atoms with E-state index < -0.39 is 6.10 Å². The van der Waals surface area contributed by atoms with Crippen LogP contribution in [0.1, 0.15) is 43.4 Å². The van der Waals surface area contributed by atoms with E-state index in [0.717, 1.165) is 30.4 Å². The molecule has 2 N–H and O–H groups in total. The normalized spacial score (nSPS) is 25.9. The molecule has 2 unspecified atom stereocenters. The van der Waals surface area contributed by atoms with Gasteiger partial charge in [-0.1, -0.05) is 11.6 Å². The van der Waals surface area contributed by atoms with Gasteiger partial charge in [0.1, 0.15) is 11.9 Å². The number of aryl methyl sites for hydroxylation is 1. The molecule has 94 valence electrons. The number of hydrogen-bond acceptors (Lipinski definition) is 3.